The van der Waals surface area contributed by atoms with Gasteiger partial charge >= 0.3 is 101 Å². The van der Waals surface area contributed by atoms with Gasteiger partial charge in [-0.2, -0.15) is 0 Å². The van der Waals surface area contributed by atoms with E-state index < -0.39 is 0 Å². The molecule has 86 valence electrons. The van der Waals surface area contributed by atoms with Crippen LogP contribution in [0.1, 0.15) is 56.1 Å². The van der Waals surface area contributed by atoms with Gasteiger partial charge in [0.2, 0.25) is 0 Å². The summed E-state index contributed by atoms with van der Waals surface area (Å²) in [4.78, 5) is 0. The van der Waals surface area contributed by atoms with Crippen molar-refractivity contribution in [2.24, 2.45) is 0 Å². The molecule has 1 heteroatoms. The second-order valence-corrected chi connectivity index (χ2v) is 4.40. The first-order valence-electron chi connectivity index (χ1n) is 6.56. The van der Waals surface area contributed by atoms with Gasteiger partial charge in [0.15, 0.2) is 0 Å². The van der Waals surface area contributed by atoms with Gasteiger partial charge in [-0.1, -0.05) is 0 Å². The molecule has 0 radical (unpaired) electrons. The molecule has 0 aliphatic heterocycles. The average Bonchev–Trinajstić information content (AvgIpc) is 2.33. The molecule has 0 saturated carbocycles. The fraction of sp³-hybridized carbons (Fsp3) is 0.533. The molecule has 0 N–H and O–H groups in total. The first kappa shape index (κ1) is 13.2. The van der Waals surface area contributed by atoms with Crippen LogP contribution in [-0.4, -0.2) is 6.91 Å². The molecule has 1 heterocycles. The summed E-state index contributed by atoms with van der Waals surface area (Å²) in [6.45, 7) is 10.7. The predicted octanol–water partition coefficient (Wildman–Crippen LogP) is 4.35. The van der Waals surface area contributed by atoms with Gasteiger partial charge in [-0.15, -0.1) is 0 Å². The second-order valence-electron chi connectivity index (χ2n) is 4.40. The Bertz CT molecular complexity index is 328. The second kappa shape index (κ2) is 7.43. The minimum absolute atomic E-state index is 1.21. The monoisotopic (exact) mass is 214 g/mol. The molecule has 16 heavy (non-hydrogen) atoms. The minimum atomic E-state index is 1.21. The zero-order chi connectivity index (χ0) is 11.8. The number of unbranched alkanes of at least 4 members (excludes halogenated alkanes) is 2. The molecule has 0 spiro atoms. The summed E-state index contributed by atoms with van der Waals surface area (Å²) in [7, 11) is 0. The van der Waals surface area contributed by atoms with Gasteiger partial charge in [0.1, 0.15) is 0 Å². The van der Waals surface area contributed by atoms with Gasteiger partial charge in [0.05, 0.1) is 0 Å². The molecule has 0 amide bonds. The van der Waals surface area contributed by atoms with E-state index in [2.05, 4.69) is 39.4 Å². The number of rotatable bonds is 7. The van der Waals surface area contributed by atoms with Crippen molar-refractivity contribution in [3.63, 3.8) is 0 Å². The molecule has 0 atom stereocenters. The Hall–Kier alpha value is -0.845. The quantitative estimate of drug-likeness (QED) is 0.632. The molecule has 0 aliphatic rings. The van der Waals surface area contributed by atoms with Crippen molar-refractivity contribution in [1.82, 2.24) is 0 Å². The van der Waals surface area contributed by atoms with E-state index in [1.807, 2.05) is 6.08 Å². The van der Waals surface area contributed by atoms with Gasteiger partial charge in [0.25, 0.3) is 0 Å². The van der Waals surface area contributed by atoms with E-state index in [1.165, 1.54) is 55.1 Å². The molecule has 1 rings (SSSR count). The van der Waals surface area contributed by atoms with Crippen molar-refractivity contribution in [3.05, 3.63) is 35.2 Å². The molecule has 1 aromatic heterocycles. The SMILES string of the molecule is C=Cc1ccbc(CCCC)c1CCCC. The van der Waals surface area contributed by atoms with Crippen LogP contribution < -0.4 is 0 Å². The van der Waals surface area contributed by atoms with E-state index >= 15 is 0 Å². The Morgan fingerprint density at radius 2 is 1.88 bits per heavy atom. The van der Waals surface area contributed by atoms with Crippen LogP contribution in [0.3, 0.4) is 0 Å². The molecule has 0 fully saturated rings. The molecular weight excluding hydrogens is 191 g/mol. The van der Waals surface area contributed by atoms with Crippen LogP contribution >= 0.6 is 0 Å². The van der Waals surface area contributed by atoms with Crippen molar-refractivity contribution in [1.29, 1.82) is 0 Å². The van der Waals surface area contributed by atoms with Gasteiger partial charge in [0, 0.05) is 0 Å². The third-order valence-corrected chi connectivity index (χ3v) is 3.11. The van der Waals surface area contributed by atoms with E-state index in [9.17, 15) is 0 Å². The Labute approximate surface area is 101 Å². The van der Waals surface area contributed by atoms with Gasteiger partial charge in [-0.25, -0.2) is 0 Å². The van der Waals surface area contributed by atoms with Gasteiger partial charge in [-0.3, -0.25) is 0 Å². The number of hydrogen-bond donors (Lipinski definition) is 0. The van der Waals surface area contributed by atoms with Crippen LogP contribution in [-0.2, 0) is 12.8 Å². The van der Waals surface area contributed by atoms with Crippen LogP contribution in [0.4, 0.5) is 0 Å². The molecule has 1 aromatic rings. The maximum absolute atomic E-state index is 3.92. The summed E-state index contributed by atoms with van der Waals surface area (Å²) in [6, 6.07) is 2.19. The first-order valence-corrected chi connectivity index (χ1v) is 6.56. The molecule has 0 saturated heterocycles. The standard InChI is InChI=1S/C15H23B/c1-4-7-9-14-13(6-3)11-12-16-15(14)10-8-5-2/h6,11-12H,3-5,7-10H2,1-2H3. The molecule has 0 aliphatic carbocycles. The van der Waals surface area contributed by atoms with Crippen molar-refractivity contribution >= 4 is 13.0 Å². The molecular formula is C15H23B. The fourth-order valence-electron chi connectivity index (χ4n) is 2.11. The van der Waals surface area contributed by atoms with E-state index in [0.29, 0.717) is 0 Å². The summed E-state index contributed by atoms with van der Waals surface area (Å²) < 4.78 is 0. The average molecular weight is 214 g/mol. The van der Waals surface area contributed by atoms with Crippen molar-refractivity contribution in [2.75, 3.05) is 0 Å². The van der Waals surface area contributed by atoms with Crippen molar-refractivity contribution in [2.45, 2.75) is 52.4 Å². The molecule has 0 nitrogen and oxygen atoms in total. The zero-order valence-electron chi connectivity index (χ0n) is 10.8. The molecule has 0 bridgehead atoms. The topological polar surface area (TPSA) is 0 Å². The third kappa shape index (κ3) is 3.62. The summed E-state index contributed by atoms with van der Waals surface area (Å²) in [6.07, 6.45) is 9.53. The van der Waals surface area contributed by atoms with Crippen LogP contribution in [0.2, 0.25) is 0 Å². The normalized spacial score (nSPS) is 10.1. The van der Waals surface area contributed by atoms with E-state index in [-0.39, 0.29) is 0 Å². The van der Waals surface area contributed by atoms with Gasteiger partial charge in [-0.05, 0) is 0 Å². The summed E-state index contributed by atoms with van der Waals surface area (Å²) in [5, 5.41) is 0. The summed E-state index contributed by atoms with van der Waals surface area (Å²) in [5.74, 6) is 2.16. The summed E-state index contributed by atoms with van der Waals surface area (Å²) >= 11 is 0. The Morgan fingerprint density at radius 3 is 2.50 bits per heavy atom. The van der Waals surface area contributed by atoms with Crippen molar-refractivity contribution < 1.29 is 0 Å². The number of aryl methyl sites for hydroxylation is 1. The molecule has 0 aromatic carbocycles. The third-order valence-electron chi connectivity index (χ3n) is 3.11. The first-order chi connectivity index (χ1) is 7.83. The van der Waals surface area contributed by atoms with Crippen LogP contribution in [0, 0.1) is 0 Å². The summed E-state index contributed by atoms with van der Waals surface area (Å²) in [5.41, 5.74) is 4.41. The van der Waals surface area contributed by atoms with Crippen LogP contribution in [0.5, 0.6) is 0 Å². The fourth-order valence-corrected chi connectivity index (χ4v) is 2.11. The van der Waals surface area contributed by atoms with E-state index in [1.54, 1.807) is 0 Å². The zero-order valence-corrected chi connectivity index (χ0v) is 10.8. The van der Waals surface area contributed by atoms with E-state index in [0.717, 1.165) is 0 Å². The van der Waals surface area contributed by atoms with Gasteiger partial charge < -0.3 is 0 Å². The maximum atomic E-state index is 3.92. The predicted molar refractivity (Wildman–Crippen MR) is 75.1 cm³/mol. The van der Waals surface area contributed by atoms with Crippen molar-refractivity contribution in [3.8, 4) is 0 Å². The van der Waals surface area contributed by atoms with Crippen LogP contribution in [0.25, 0.3) is 6.08 Å². The Balaban J connectivity index is 2.90. The van der Waals surface area contributed by atoms with E-state index in [4.69, 9.17) is 0 Å². The number of hydrogen-bond acceptors (Lipinski definition) is 0. The van der Waals surface area contributed by atoms with Crippen LogP contribution in [0.15, 0.2) is 18.6 Å². The molecule has 0 unspecified atom stereocenters. The Kier molecular flexibility index (Phi) is 6.14. The Morgan fingerprint density at radius 1 is 1.19 bits per heavy atom.